The number of aromatic nitrogens is 1. The third-order valence-corrected chi connectivity index (χ3v) is 6.08. The molecule has 1 amide bonds. The summed E-state index contributed by atoms with van der Waals surface area (Å²) in [6, 6.07) is 22.8. The van der Waals surface area contributed by atoms with Crippen LogP contribution in [-0.4, -0.2) is 35.7 Å². The minimum absolute atomic E-state index is 0.175. The number of ether oxygens (including phenoxy) is 1. The quantitative estimate of drug-likeness (QED) is 0.230. The topological polar surface area (TPSA) is 59.5 Å². The first-order chi connectivity index (χ1) is 17.1. The molecule has 176 valence electrons. The third kappa shape index (κ3) is 6.03. The Balaban J connectivity index is 1.51. The summed E-state index contributed by atoms with van der Waals surface area (Å²) in [5.41, 5.74) is 3.71. The van der Waals surface area contributed by atoms with E-state index in [4.69, 9.17) is 4.74 Å². The van der Waals surface area contributed by atoms with Crippen LogP contribution in [0.3, 0.4) is 0 Å². The van der Waals surface area contributed by atoms with Crippen LogP contribution in [0.2, 0.25) is 0 Å². The summed E-state index contributed by atoms with van der Waals surface area (Å²) in [6.45, 7) is 0.970. The molecule has 1 aromatic heterocycles. The SMILES string of the molecule is CN(CC/C=C/c1c(OCc2ccccc2)ccc2ncc(Br)cc12)C(=O)c1ccccc1C=O. The fraction of sp³-hybridized carbons (Fsp3) is 0.138. The predicted molar refractivity (Wildman–Crippen MR) is 143 cm³/mol. The fourth-order valence-corrected chi connectivity index (χ4v) is 4.11. The Kier molecular flexibility index (Phi) is 8.06. The Morgan fingerprint density at radius 1 is 1.06 bits per heavy atom. The molecule has 0 unspecified atom stereocenters. The van der Waals surface area contributed by atoms with Crippen molar-refractivity contribution in [1.29, 1.82) is 0 Å². The summed E-state index contributed by atoms with van der Waals surface area (Å²) < 4.78 is 7.07. The van der Waals surface area contributed by atoms with Gasteiger partial charge >= 0.3 is 0 Å². The number of benzene rings is 3. The van der Waals surface area contributed by atoms with Crippen molar-refractivity contribution in [2.24, 2.45) is 0 Å². The molecule has 0 fully saturated rings. The van der Waals surface area contributed by atoms with E-state index in [2.05, 4.69) is 20.9 Å². The number of aldehydes is 1. The largest absolute Gasteiger partial charge is 0.488 e. The molecular formula is C29H25BrN2O3. The molecule has 0 saturated heterocycles. The van der Waals surface area contributed by atoms with Gasteiger partial charge in [0.15, 0.2) is 6.29 Å². The van der Waals surface area contributed by atoms with E-state index >= 15 is 0 Å². The van der Waals surface area contributed by atoms with Crippen LogP contribution in [0.4, 0.5) is 0 Å². The van der Waals surface area contributed by atoms with Gasteiger partial charge in [-0.2, -0.15) is 0 Å². The maximum absolute atomic E-state index is 12.8. The van der Waals surface area contributed by atoms with Crippen LogP contribution in [0.25, 0.3) is 17.0 Å². The fourth-order valence-electron chi connectivity index (χ4n) is 3.78. The highest BCUT2D eigenvalue weighted by Gasteiger charge is 2.14. The van der Waals surface area contributed by atoms with E-state index in [0.29, 0.717) is 37.0 Å². The summed E-state index contributed by atoms with van der Waals surface area (Å²) in [5, 5.41) is 0.977. The highest BCUT2D eigenvalue weighted by Crippen LogP contribution is 2.31. The van der Waals surface area contributed by atoms with Gasteiger partial charge in [-0.25, -0.2) is 0 Å². The molecule has 1 heterocycles. The second-order valence-corrected chi connectivity index (χ2v) is 9.01. The lowest BCUT2D eigenvalue weighted by molar-refractivity contribution is 0.0794. The predicted octanol–water partition coefficient (Wildman–Crippen LogP) is 6.56. The minimum atomic E-state index is -0.175. The maximum atomic E-state index is 12.8. The van der Waals surface area contributed by atoms with Crippen molar-refractivity contribution in [1.82, 2.24) is 9.88 Å². The summed E-state index contributed by atoms with van der Waals surface area (Å²) >= 11 is 3.52. The molecule has 0 spiro atoms. The van der Waals surface area contributed by atoms with Gasteiger partial charge < -0.3 is 9.64 Å². The molecule has 35 heavy (non-hydrogen) atoms. The van der Waals surface area contributed by atoms with Gasteiger partial charge in [0.05, 0.1) is 11.1 Å². The molecule has 4 aromatic rings. The zero-order valence-corrected chi connectivity index (χ0v) is 20.9. The highest BCUT2D eigenvalue weighted by molar-refractivity contribution is 9.10. The second-order valence-electron chi connectivity index (χ2n) is 8.09. The molecule has 0 radical (unpaired) electrons. The van der Waals surface area contributed by atoms with Crippen LogP contribution in [-0.2, 0) is 6.61 Å². The molecule has 0 bridgehead atoms. The molecule has 0 aliphatic heterocycles. The molecule has 4 rings (SSSR count). The van der Waals surface area contributed by atoms with Crippen LogP contribution in [0.5, 0.6) is 5.75 Å². The lowest BCUT2D eigenvalue weighted by Crippen LogP contribution is -2.28. The van der Waals surface area contributed by atoms with Crippen molar-refractivity contribution >= 4 is 45.1 Å². The smallest absolute Gasteiger partial charge is 0.254 e. The first-order valence-corrected chi connectivity index (χ1v) is 12.1. The van der Waals surface area contributed by atoms with Crippen molar-refractivity contribution in [3.05, 3.63) is 112 Å². The second kappa shape index (κ2) is 11.6. The molecule has 0 N–H and O–H groups in total. The van der Waals surface area contributed by atoms with E-state index in [0.717, 1.165) is 32.3 Å². The van der Waals surface area contributed by atoms with E-state index in [1.54, 1.807) is 42.4 Å². The van der Waals surface area contributed by atoms with Crippen LogP contribution in [0, 0.1) is 0 Å². The van der Waals surface area contributed by atoms with Gasteiger partial charge in [0.25, 0.3) is 5.91 Å². The number of amides is 1. The minimum Gasteiger partial charge on any atom is -0.488 e. The number of hydrogen-bond donors (Lipinski definition) is 0. The lowest BCUT2D eigenvalue weighted by atomic mass is 10.1. The van der Waals surface area contributed by atoms with Gasteiger partial charge in [0, 0.05) is 40.8 Å². The Hall–Kier alpha value is -3.77. The van der Waals surface area contributed by atoms with E-state index in [1.165, 1.54) is 0 Å². The van der Waals surface area contributed by atoms with Crippen molar-refractivity contribution < 1.29 is 14.3 Å². The molecule has 5 nitrogen and oxygen atoms in total. The molecule has 0 aliphatic carbocycles. The van der Waals surface area contributed by atoms with Gasteiger partial charge in [-0.05, 0) is 52.2 Å². The average Bonchev–Trinajstić information content (AvgIpc) is 2.90. The van der Waals surface area contributed by atoms with Crippen molar-refractivity contribution in [3.63, 3.8) is 0 Å². The summed E-state index contributed by atoms with van der Waals surface area (Å²) in [6.07, 6.45) is 7.18. The first-order valence-electron chi connectivity index (χ1n) is 11.3. The number of halogens is 1. The maximum Gasteiger partial charge on any atom is 0.254 e. The van der Waals surface area contributed by atoms with Gasteiger partial charge in [-0.15, -0.1) is 0 Å². The van der Waals surface area contributed by atoms with Crippen molar-refractivity contribution in [3.8, 4) is 5.75 Å². The molecule has 6 heteroatoms. The molecule has 3 aromatic carbocycles. The number of carbonyl (C=O) groups is 2. The van der Waals surface area contributed by atoms with Crippen LogP contribution >= 0.6 is 15.9 Å². The highest BCUT2D eigenvalue weighted by atomic mass is 79.9. The van der Waals surface area contributed by atoms with E-state index in [1.807, 2.05) is 60.7 Å². The van der Waals surface area contributed by atoms with Crippen LogP contribution in [0.1, 0.15) is 38.3 Å². The standard InChI is InChI=1S/C29H25BrN2O3/c1-32(29(34)24-12-6-5-11-22(24)19-33)16-8-7-13-25-26-17-23(30)18-31-27(26)14-15-28(25)35-20-21-9-3-2-4-10-21/h2-7,9-15,17-19H,8,16,20H2,1H3/b13-7+. The number of nitrogens with zero attached hydrogens (tertiary/aromatic N) is 2. The molecular weight excluding hydrogens is 504 g/mol. The van der Waals surface area contributed by atoms with Gasteiger partial charge in [0.2, 0.25) is 0 Å². The normalized spacial score (nSPS) is 11.0. The van der Waals surface area contributed by atoms with E-state index in [-0.39, 0.29) is 5.91 Å². The van der Waals surface area contributed by atoms with Gasteiger partial charge in [0.1, 0.15) is 12.4 Å². The average molecular weight is 529 g/mol. The van der Waals surface area contributed by atoms with E-state index < -0.39 is 0 Å². The molecule has 0 aliphatic rings. The van der Waals surface area contributed by atoms with Gasteiger partial charge in [-0.3, -0.25) is 14.6 Å². The first kappa shape index (κ1) is 24.4. The number of rotatable bonds is 9. The number of hydrogen-bond acceptors (Lipinski definition) is 4. The molecule has 0 atom stereocenters. The monoisotopic (exact) mass is 528 g/mol. The third-order valence-electron chi connectivity index (χ3n) is 5.65. The van der Waals surface area contributed by atoms with Crippen LogP contribution < -0.4 is 4.74 Å². The summed E-state index contributed by atoms with van der Waals surface area (Å²) in [4.78, 5) is 30.2. The van der Waals surface area contributed by atoms with Crippen LogP contribution in [0.15, 0.2) is 89.5 Å². The number of carbonyl (C=O) groups excluding carboxylic acids is 2. The Bertz CT molecular complexity index is 1370. The number of pyridine rings is 1. The summed E-state index contributed by atoms with van der Waals surface area (Å²) in [5.74, 6) is 0.591. The van der Waals surface area contributed by atoms with E-state index in [9.17, 15) is 9.59 Å². The lowest BCUT2D eigenvalue weighted by Gasteiger charge is -2.17. The zero-order valence-electron chi connectivity index (χ0n) is 19.4. The summed E-state index contributed by atoms with van der Waals surface area (Å²) in [7, 11) is 1.74. The molecule has 0 saturated carbocycles. The van der Waals surface area contributed by atoms with Crippen molar-refractivity contribution in [2.75, 3.05) is 13.6 Å². The zero-order chi connectivity index (χ0) is 24.6. The van der Waals surface area contributed by atoms with Crippen molar-refractivity contribution in [2.45, 2.75) is 13.0 Å². The Morgan fingerprint density at radius 2 is 1.83 bits per heavy atom. The van der Waals surface area contributed by atoms with Gasteiger partial charge in [-0.1, -0.05) is 60.7 Å². The Morgan fingerprint density at radius 3 is 2.63 bits per heavy atom. The Labute approximate surface area is 213 Å². The number of fused-ring (bicyclic) bond motifs is 1.